The van der Waals surface area contributed by atoms with E-state index >= 15 is 0 Å². The van der Waals surface area contributed by atoms with Crippen LogP contribution in [0.15, 0.2) is 24.3 Å². The quantitative estimate of drug-likeness (QED) is 0.288. The Kier molecular flexibility index (Phi) is 8.80. The summed E-state index contributed by atoms with van der Waals surface area (Å²) >= 11 is 0. The first kappa shape index (κ1) is 24.4. The Morgan fingerprint density at radius 1 is 0.889 bits per heavy atom. The molecule has 27 heavy (non-hydrogen) atoms. The number of ketones is 1. The first-order chi connectivity index (χ1) is 12.3. The van der Waals surface area contributed by atoms with Crippen molar-refractivity contribution in [3.63, 3.8) is 0 Å². The predicted octanol–water partition coefficient (Wildman–Crippen LogP) is 4.81. The summed E-state index contributed by atoms with van der Waals surface area (Å²) < 4.78 is 23.4. The monoisotopic (exact) mass is 428 g/mol. The Balaban J connectivity index is 3.07. The number of aryl methyl sites for hydroxylation is 1. The molecule has 0 heterocycles. The van der Waals surface area contributed by atoms with E-state index in [0.717, 1.165) is 18.0 Å². The van der Waals surface area contributed by atoms with E-state index in [1.54, 1.807) is 0 Å². The molecule has 0 aromatic heterocycles. The highest BCUT2D eigenvalue weighted by Gasteiger charge is 2.40. The van der Waals surface area contributed by atoms with Gasteiger partial charge in [-0.05, 0) is 63.9 Å². The molecule has 0 amide bonds. The van der Waals surface area contributed by atoms with E-state index < -0.39 is 31.5 Å². The molecule has 0 aliphatic carbocycles. The first-order valence-corrected chi connectivity index (χ1v) is 18.7. The third-order valence-electron chi connectivity index (χ3n) is 3.82. The van der Waals surface area contributed by atoms with Crippen LogP contribution in [0, 0.1) is 0 Å². The van der Waals surface area contributed by atoms with Gasteiger partial charge in [0.2, 0.25) is 12.1 Å². The van der Waals surface area contributed by atoms with Crippen molar-refractivity contribution in [2.45, 2.75) is 64.6 Å². The zero-order valence-electron chi connectivity index (χ0n) is 18.3. The predicted molar refractivity (Wildman–Crippen MR) is 118 cm³/mol. The fourth-order valence-corrected chi connectivity index (χ4v) is 15.6. The molecule has 0 saturated heterocycles. The van der Waals surface area contributed by atoms with Crippen molar-refractivity contribution in [2.75, 3.05) is 14.2 Å². The lowest BCUT2D eigenvalue weighted by Gasteiger charge is -2.38. The van der Waals surface area contributed by atoms with Crippen LogP contribution >= 0.6 is 0 Å². The highest BCUT2D eigenvalue weighted by Crippen LogP contribution is 2.27. The van der Waals surface area contributed by atoms with Crippen LogP contribution in [0.5, 0.6) is 0 Å². The molecule has 0 aliphatic rings. The summed E-state index contributed by atoms with van der Waals surface area (Å²) in [4.78, 5) is 12.7. The van der Waals surface area contributed by atoms with Crippen LogP contribution < -0.4 is 0 Å². The minimum Gasteiger partial charge on any atom is -0.437 e. The second kappa shape index (κ2) is 9.73. The van der Waals surface area contributed by atoms with Crippen molar-refractivity contribution >= 4 is 31.0 Å². The second-order valence-corrected chi connectivity index (χ2v) is 21.7. The molecule has 0 radical (unpaired) electrons. The zero-order chi connectivity index (χ0) is 20.9. The van der Waals surface area contributed by atoms with E-state index in [2.05, 4.69) is 45.8 Å². The lowest BCUT2D eigenvalue weighted by atomic mass is 10.0. The van der Waals surface area contributed by atoms with E-state index in [-0.39, 0.29) is 5.78 Å². The number of ether oxygens (including phenoxy) is 2. The average Bonchev–Trinajstić information content (AvgIpc) is 2.50. The fourth-order valence-electron chi connectivity index (χ4n) is 3.20. The van der Waals surface area contributed by atoms with Gasteiger partial charge in [-0.2, -0.15) is 0 Å². The number of hydrogen-bond acceptors (Lipinski definition) is 5. The Bertz CT molecular complexity index is 603. The number of carbonyl (C=O) groups excluding carboxylic acids is 1. The van der Waals surface area contributed by atoms with E-state index in [4.69, 9.17) is 17.7 Å². The van der Waals surface area contributed by atoms with E-state index in [1.165, 1.54) is 14.2 Å². The van der Waals surface area contributed by atoms with Crippen LogP contribution in [0.3, 0.4) is 0 Å². The maximum absolute atomic E-state index is 12.7. The second-order valence-electron chi connectivity index (χ2n) is 8.89. The standard InChI is InChI=1S/C19H36O5Si3/c1-21-19(22-2)18(20)17-13-11-10-12-16(17)14-15-27(9,23-25(3,4)5)24-26(6,7)8/h10-13,19H,14-15H2,1-9H3. The van der Waals surface area contributed by atoms with Gasteiger partial charge < -0.3 is 17.7 Å². The number of methoxy groups -OCH3 is 2. The van der Waals surface area contributed by atoms with Gasteiger partial charge in [-0.1, -0.05) is 24.3 Å². The summed E-state index contributed by atoms with van der Waals surface area (Å²) in [5, 5.41) is 0. The zero-order valence-corrected chi connectivity index (χ0v) is 21.3. The van der Waals surface area contributed by atoms with Gasteiger partial charge in [-0.25, -0.2) is 0 Å². The van der Waals surface area contributed by atoms with Crippen molar-refractivity contribution in [3.8, 4) is 0 Å². The smallest absolute Gasteiger partial charge is 0.314 e. The van der Waals surface area contributed by atoms with Crippen LogP contribution in [-0.4, -0.2) is 51.5 Å². The van der Waals surface area contributed by atoms with Gasteiger partial charge in [0.25, 0.3) is 0 Å². The largest absolute Gasteiger partial charge is 0.437 e. The van der Waals surface area contributed by atoms with Crippen LogP contribution in [0.4, 0.5) is 0 Å². The summed E-state index contributed by atoms with van der Waals surface area (Å²) in [6, 6.07) is 8.47. The highest BCUT2D eigenvalue weighted by molar-refractivity contribution is 6.87. The van der Waals surface area contributed by atoms with E-state index in [0.29, 0.717) is 5.56 Å². The van der Waals surface area contributed by atoms with Crippen LogP contribution in [0.2, 0.25) is 51.9 Å². The van der Waals surface area contributed by atoms with Gasteiger partial charge >= 0.3 is 8.56 Å². The highest BCUT2D eigenvalue weighted by atomic mass is 28.5. The van der Waals surface area contributed by atoms with Crippen molar-refractivity contribution in [2.24, 2.45) is 0 Å². The molecule has 154 valence electrons. The normalized spacial score (nSPS) is 13.3. The molecule has 0 unspecified atom stereocenters. The Labute approximate surface area is 167 Å². The third-order valence-corrected chi connectivity index (χ3v) is 13.3. The van der Waals surface area contributed by atoms with Crippen molar-refractivity contribution in [3.05, 3.63) is 35.4 Å². The molecule has 0 N–H and O–H groups in total. The molecule has 0 saturated carbocycles. The Morgan fingerprint density at radius 2 is 1.37 bits per heavy atom. The van der Waals surface area contributed by atoms with Crippen LogP contribution in [0.1, 0.15) is 15.9 Å². The van der Waals surface area contributed by atoms with Crippen LogP contribution in [0.25, 0.3) is 0 Å². The molecule has 1 rings (SSSR count). The van der Waals surface area contributed by atoms with Gasteiger partial charge in [-0.15, -0.1) is 0 Å². The summed E-state index contributed by atoms with van der Waals surface area (Å²) in [5.74, 6) is -0.156. The van der Waals surface area contributed by atoms with Gasteiger partial charge in [-0.3, -0.25) is 4.79 Å². The van der Waals surface area contributed by atoms with Crippen molar-refractivity contribution < 1.29 is 22.5 Å². The lowest BCUT2D eigenvalue weighted by molar-refractivity contribution is -0.0742. The van der Waals surface area contributed by atoms with Gasteiger partial charge in [0, 0.05) is 19.8 Å². The molecular weight excluding hydrogens is 392 g/mol. The fraction of sp³-hybridized carbons (Fsp3) is 0.632. The van der Waals surface area contributed by atoms with Gasteiger partial charge in [0.05, 0.1) is 0 Å². The number of Topliss-reactive ketones (excluding diaryl/α,β-unsaturated/α-hetero) is 1. The molecule has 1 aromatic rings. The summed E-state index contributed by atoms with van der Waals surface area (Å²) in [6.07, 6.45) is -0.147. The third kappa shape index (κ3) is 8.51. The summed E-state index contributed by atoms with van der Waals surface area (Å²) in [6.45, 7) is 15.4. The maximum atomic E-state index is 12.7. The Morgan fingerprint density at radius 3 is 1.81 bits per heavy atom. The number of carbonyl (C=O) groups is 1. The summed E-state index contributed by atoms with van der Waals surface area (Å²) in [7, 11) is -2.89. The number of rotatable bonds is 11. The molecule has 0 bridgehead atoms. The number of benzene rings is 1. The molecule has 8 heteroatoms. The topological polar surface area (TPSA) is 54.0 Å². The van der Waals surface area contributed by atoms with E-state index in [9.17, 15) is 4.79 Å². The summed E-state index contributed by atoms with van der Waals surface area (Å²) in [5.41, 5.74) is 1.63. The molecule has 5 nitrogen and oxygen atoms in total. The van der Waals surface area contributed by atoms with Gasteiger partial charge in [0.1, 0.15) is 0 Å². The minimum absolute atomic E-state index is 0.156. The molecule has 0 aliphatic heterocycles. The SMILES string of the molecule is COC(OC)C(=O)c1ccccc1CC[Si](C)(O[Si](C)(C)C)O[Si](C)(C)C. The minimum atomic E-state index is -2.35. The van der Waals surface area contributed by atoms with Gasteiger partial charge in [0.15, 0.2) is 16.6 Å². The van der Waals surface area contributed by atoms with Crippen molar-refractivity contribution in [1.29, 1.82) is 0 Å². The number of hydrogen-bond donors (Lipinski definition) is 0. The Hall–Kier alpha value is -0.619. The molecule has 0 fully saturated rings. The lowest BCUT2D eigenvalue weighted by Crippen LogP contribution is -2.52. The van der Waals surface area contributed by atoms with Crippen LogP contribution in [-0.2, 0) is 24.1 Å². The molecular formula is C19H36O5Si3. The maximum Gasteiger partial charge on any atom is 0.314 e. The molecule has 1 aromatic carbocycles. The van der Waals surface area contributed by atoms with Crippen molar-refractivity contribution in [1.82, 2.24) is 0 Å². The van der Waals surface area contributed by atoms with E-state index in [1.807, 2.05) is 24.3 Å². The molecule has 0 spiro atoms. The first-order valence-electron chi connectivity index (χ1n) is 9.38. The molecule has 0 atom stereocenters. The average molecular weight is 429 g/mol.